The Morgan fingerprint density at radius 3 is 2.14 bits per heavy atom. The highest BCUT2D eigenvalue weighted by Gasteiger charge is 2.23. The number of rotatable bonds is 4. The fraction of sp³-hybridized carbons (Fsp3) is 0.263. The molecule has 0 bridgehead atoms. The van der Waals surface area contributed by atoms with E-state index in [4.69, 9.17) is 0 Å². The number of hydrogen-bond donors (Lipinski definition) is 0. The lowest BCUT2D eigenvalue weighted by Crippen LogP contribution is -2.49. The summed E-state index contributed by atoms with van der Waals surface area (Å²) in [5.41, 5.74) is 0.963. The van der Waals surface area contributed by atoms with Gasteiger partial charge in [-0.3, -0.25) is 4.79 Å². The van der Waals surface area contributed by atoms with Crippen molar-refractivity contribution in [3.05, 3.63) is 60.2 Å². The minimum absolute atomic E-state index is 0.0614. The molecule has 1 fully saturated rings. The van der Waals surface area contributed by atoms with E-state index in [2.05, 4.69) is 29.9 Å². The summed E-state index contributed by atoms with van der Waals surface area (Å²) >= 11 is 0. The predicted octanol–water partition coefficient (Wildman–Crippen LogP) is 0.806. The first-order chi connectivity index (χ1) is 14.2. The van der Waals surface area contributed by atoms with E-state index in [1.54, 1.807) is 40.2 Å². The molecule has 1 amide bonds. The van der Waals surface area contributed by atoms with Gasteiger partial charge in [-0.05, 0) is 36.4 Å². The van der Waals surface area contributed by atoms with Crippen LogP contribution in [0, 0.1) is 0 Å². The zero-order chi connectivity index (χ0) is 20.2. The zero-order valence-corrected chi connectivity index (χ0v) is 15.8. The van der Waals surface area contributed by atoms with Crippen LogP contribution in [0.5, 0.6) is 0 Å². The number of ether oxygens (including phenoxy) is 1. The number of benzene rings is 1. The Hall–Kier alpha value is -3.82. The number of amides is 1. The fourth-order valence-corrected chi connectivity index (χ4v) is 3.12. The topological polar surface area (TPSA) is 106 Å². The van der Waals surface area contributed by atoms with Crippen molar-refractivity contribution in [1.82, 2.24) is 29.9 Å². The fourth-order valence-electron chi connectivity index (χ4n) is 3.12. The Morgan fingerprint density at radius 2 is 1.55 bits per heavy atom. The average molecular weight is 393 g/mol. The van der Waals surface area contributed by atoms with Gasteiger partial charge in [0.25, 0.3) is 5.91 Å². The number of hydrogen-bond acceptors (Lipinski definition) is 8. The summed E-state index contributed by atoms with van der Waals surface area (Å²) < 4.78 is 6.22. The summed E-state index contributed by atoms with van der Waals surface area (Å²) in [6.07, 6.45) is 3.00. The Kier molecular flexibility index (Phi) is 5.14. The van der Waals surface area contributed by atoms with Gasteiger partial charge in [0.2, 0.25) is 0 Å². The molecular weight excluding hydrogens is 374 g/mol. The molecule has 1 saturated heterocycles. The monoisotopic (exact) mass is 393 g/mol. The highest BCUT2D eigenvalue weighted by molar-refractivity contribution is 5.96. The first-order valence-corrected chi connectivity index (χ1v) is 9.07. The van der Waals surface area contributed by atoms with Crippen LogP contribution >= 0.6 is 0 Å². The van der Waals surface area contributed by atoms with Crippen molar-refractivity contribution >= 4 is 17.7 Å². The van der Waals surface area contributed by atoms with Crippen molar-refractivity contribution in [3.8, 4) is 5.82 Å². The second kappa shape index (κ2) is 8.05. The molecule has 0 N–H and O–H groups in total. The second-order valence-corrected chi connectivity index (χ2v) is 6.44. The molecule has 0 aliphatic carbocycles. The summed E-state index contributed by atoms with van der Waals surface area (Å²) in [5.74, 6) is 0.862. The standard InChI is InChI=1S/C19H19N7O3/c1-29-19(28)15-4-2-14(3-5-15)18(27)25-10-8-24(9-11-25)16-6-7-17(23-22-16)26-13-20-12-21-26/h2-7,12-13H,8-11H2,1H3. The van der Waals surface area contributed by atoms with Crippen molar-refractivity contribution in [3.63, 3.8) is 0 Å². The maximum Gasteiger partial charge on any atom is 0.337 e. The molecule has 1 aliphatic rings. The number of anilines is 1. The van der Waals surface area contributed by atoms with Crippen LogP contribution < -0.4 is 4.90 Å². The van der Waals surface area contributed by atoms with Crippen molar-refractivity contribution in [2.24, 2.45) is 0 Å². The Balaban J connectivity index is 1.36. The average Bonchev–Trinajstić information content (AvgIpc) is 3.33. The molecule has 1 aromatic carbocycles. The van der Waals surface area contributed by atoms with E-state index < -0.39 is 5.97 Å². The van der Waals surface area contributed by atoms with Crippen LogP contribution in [-0.4, -0.2) is 75.0 Å². The summed E-state index contributed by atoms with van der Waals surface area (Å²) in [6.45, 7) is 2.46. The Bertz CT molecular complexity index is 980. The second-order valence-electron chi connectivity index (χ2n) is 6.44. The van der Waals surface area contributed by atoms with E-state index in [0.717, 1.165) is 5.82 Å². The van der Waals surface area contributed by atoms with E-state index in [1.807, 2.05) is 12.1 Å². The van der Waals surface area contributed by atoms with Crippen LogP contribution in [0.3, 0.4) is 0 Å². The SMILES string of the molecule is COC(=O)c1ccc(C(=O)N2CCN(c3ccc(-n4cncn4)nn3)CC2)cc1. The van der Waals surface area contributed by atoms with Gasteiger partial charge in [0, 0.05) is 31.7 Å². The molecule has 0 saturated carbocycles. The number of carbonyl (C=O) groups excluding carboxylic acids is 2. The maximum absolute atomic E-state index is 12.7. The van der Waals surface area contributed by atoms with Gasteiger partial charge in [-0.25, -0.2) is 14.5 Å². The molecule has 0 atom stereocenters. The molecule has 10 heteroatoms. The third-order valence-corrected chi connectivity index (χ3v) is 4.73. The maximum atomic E-state index is 12.7. The minimum atomic E-state index is -0.423. The van der Waals surface area contributed by atoms with Crippen molar-refractivity contribution < 1.29 is 14.3 Å². The normalized spacial score (nSPS) is 14.0. The lowest BCUT2D eigenvalue weighted by molar-refractivity contribution is 0.0599. The molecule has 29 heavy (non-hydrogen) atoms. The number of methoxy groups -OCH3 is 1. The minimum Gasteiger partial charge on any atom is -0.465 e. The summed E-state index contributed by atoms with van der Waals surface area (Å²) in [5, 5.41) is 12.5. The van der Waals surface area contributed by atoms with Gasteiger partial charge in [-0.2, -0.15) is 5.10 Å². The molecule has 3 heterocycles. The largest absolute Gasteiger partial charge is 0.465 e. The third kappa shape index (κ3) is 3.91. The van der Waals surface area contributed by atoms with Crippen molar-refractivity contribution in [2.75, 3.05) is 38.2 Å². The van der Waals surface area contributed by atoms with Gasteiger partial charge >= 0.3 is 5.97 Å². The van der Waals surface area contributed by atoms with E-state index in [-0.39, 0.29) is 5.91 Å². The summed E-state index contributed by atoms with van der Waals surface area (Å²) in [6, 6.07) is 10.2. The molecule has 148 valence electrons. The van der Waals surface area contributed by atoms with Crippen LogP contribution in [-0.2, 0) is 4.74 Å². The predicted molar refractivity (Wildman–Crippen MR) is 103 cm³/mol. The number of piperazine rings is 1. The van der Waals surface area contributed by atoms with Crippen molar-refractivity contribution in [2.45, 2.75) is 0 Å². The summed E-state index contributed by atoms with van der Waals surface area (Å²) in [7, 11) is 1.33. The smallest absolute Gasteiger partial charge is 0.337 e. The number of aromatic nitrogens is 5. The van der Waals surface area contributed by atoms with Gasteiger partial charge in [-0.1, -0.05) is 0 Å². The summed E-state index contributed by atoms with van der Waals surface area (Å²) in [4.78, 5) is 32.0. The van der Waals surface area contributed by atoms with E-state index in [1.165, 1.54) is 13.4 Å². The van der Waals surface area contributed by atoms with Crippen LogP contribution in [0.2, 0.25) is 0 Å². The lowest BCUT2D eigenvalue weighted by atomic mass is 10.1. The van der Waals surface area contributed by atoms with Crippen LogP contribution in [0.1, 0.15) is 20.7 Å². The van der Waals surface area contributed by atoms with Crippen LogP contribution in [0.4, 0.5) is 5.82 Å². The molecule has 1 aliphatic heterocycles. The van der Waals surface area contributed by atoms with Crippen LogP contribution in [0.15, 0.2) is 49.1 Å². The van der Waals surface area contributed by atoms with Gasteiger partial charge in [0.05, 0.1) is 12.7 Å². The molecule has 3 aromatic rings. The molecular formula is C19H19N7O3. The Morgan fingerprint density at radius 1 is 0.897 bits per heavy atom. The molecule has 10 nitrogen and oxygen atoms in total. The quantitative estimate of drug-likeness (QED) is 0.600. The highest BCUT2D eigenvalue weighted by Crippen LogP contribution is 2.16. The molecule has 2 aromatic heterocycles. The molecule has 0 unspecified atom stereocenters. The number of nitrogens with zero attached hydrogens (tertiary/aromatic N) is 7. The van der Waals surface area contributed by atoms with Crippen LogP contribution in [0.25, 0.3) is 5.82 Å². The molecule has 0 radical (unpaired) electrons. The van der Waals surface area contributed by atoms with E-state index in [0.29, 0.717) is 43.1 Å². The van der Waals surface area contributed by atoms with Gasteiger partial charge < -0.3 is 14.5 Å². The van der Waals surface area contributed by atoms with Gasteiger partial charge in [0.15, 0.2) is 11.6 Å². The van der Waals surface area contributed by atoms with Gasteiger partial charge in [-0.15, -0.1) is 10.2 Å². The van der Waals surface area contributed by atoms with Crippen molar-refractivity contribution in [1.29, 1.82) is 0 Å². The Labute approximate surface area is 166 Å². The third-order valence-electron chi connectivity index (χ3n) is 4.73. The van der Waals surface area contributed by atoms with E-state index >= 15 is 0 Å². The molecule has 0 spiro atoms. The number of esters is 1. The lowest BCUT2D eigenvalue weighted by Gasteiger charge is -2.35. The number of carbonyl (C=O) groups is 2. The first kappa shape index (κ1) is 18.5. The molecule has 4 rings (SSSR count). The highest BCUT2D eigenvalue weighted by atomic mass is 16.5. The van der Waals surface area contributed by atoms with E-state index in [9.17, 15) is 9.59 Å². The van der Waals surface area contributed by atoms with Gasteiger partial charge in [0.1, 0.15) is 12.7 Å². The zero-order valence-electron chi connectivity index (χ0n) is 15.8. The first-order valence-electron chi connectivity index (χ1n) is 9.07.